The van der Waals surface area contributed by atoms with Gasteiger partial charge < -0.3 is 33.2 Å². The van der Waals surface area contributed by atoms with Gasteiger partial charge in [-0.15, -0.1) is 6.01 Å². The SMILES string of the molecule is COP(=O)(N=C=[N-])OC.COP([O-])(=NC#N)OC. The highest BCUT2D eigenvalue weighted by Gasteiger charge is 2.09. The monoisotopic (exact) mass is 298 g/mol. The summed E-state index contributed by atoms with van der Waals surface area (Å²) in [5.74, 6) is 0. The zero-order valence-corrected chi connectivity index (χ0v) is 11.9. The van der Waals surface area contributed by atoms with Crippen molar-refractivity contribution >= 4 is 21.5 Å². The number of hydrogen-bond acceptors (Lipinski definition) is 8. The largest absolute Gasteiger partial charge is 0.773 e. The van der Waals surface area contributed by atoms with Gasteiger partial charge in [0, 0.05) is 28.4 Å². The molecule has 0 saturated carbocycles. The van der Waals surface area contributed by atoms with Crippen LogP contribution in [-0.2, 0) is 22.7 Å². The number of nitriles is 1. The van der Waals surface area contributed by atoms with E-state index in [0.29, 0.717) is 0 Å². The normalized spacial score (nSPS) is 10.4. The molecule has 0 aromatic heterocycles. The van der Waals surface area contributed by atoms with Gasteiger partial charge >= 0.3 is 7.75 Å². The third-order valence-corrected chi connectivity index (χ3v) is 3.77. The van der Waals surface area contributed by atoms with Gasteiger partial charge in [0.2, 0.25) is 6.19 Å². The van der Waals surface area contributed by atoms with Crippen LogP contribution in [0.25, 0.3) is 5.41 Å². The van der Waals surface area contributed by atoms with Crippen molar-refractivity contribution < 1.29 is 27.6 Å². The minimum absolute atomic E-state index is 1.16. The van der Waals surface area contributed by atoms with Crippen LogP contribution in [0.2, 0.25) is 0 Å². The maximum atomic E-state index is 10.7. The van der Waals surface area contributed by atoms with Crippen LogP contribution in [0.4, 0.5) is 0 Å². The molecule has 0 bridgehead atoms. The smallest absolute Gasteiger partial charge is 0.360 e. The van der Waals surface area contributed by atoms with Crippen LogP contribution in [0.1, 0.15) is 0 Å². The van der Waals surface area contributed by atoms with E-state index in [9.17, 15) is 9.46 Å². The average molecular weight is 298 g/mol. The predicted octanol–water partition coefficient (Wildman–Crippen LogP) is 1.20. The lowest BCUT2D eigenvalue weighted by atomic mass is 11.5. The van der Waals surface area contributed by atoms with E-state index in [1.165, 1.54) is 12.2 Å². The van der Waals surface area contributed by atoms with E-state index in [2.05, 4.69) is 27.6 Å². The molecule has 0 spiro atoms. The molecule has 0 radical (unpaired) electrons. The first-order valence-corrected chi connectivity index (χ1v) is 7.01. The van der Waals surface area contributed by atoms with Crippen molar-refractivity contribution in [3.8, 4) is 6.19 Å². The molecule has 0 aliphatic rings. The quantitative estimate of drug-likeness (QED) is 0.420. The van der Waals surface area contributed by atoms with Crippen molar-refractivity contribution in [3.63, 3.8) is 0 Å². The van der Waals surface area contributed by atoms with E-state index in [-0.39, 0.29) is 0 Å². The number of hydrogen-bond donors (Lipinski definition) is 0. The van der Waals surface area contributed by atoms with Gasteiger partial charge in [-0.05, 0) is 0 Å². The van der Waals surface area contributed by atoms with Gasteiger partial charge in [0.1, 0.15) is 0 Å². The summed E-state index contributed by atoms with van der Waals surface area (Å²) in [5.41, 5.74) is 0. The van der Waals surface area contributed by atoms with E-state index < -0.39 is 15.5 Å². The molecule has 0 atom stereocenters. The lowest BCUT2D eigenvalue weighted by molar-refractivity contribution is -0.207. The van der Waals surface area contributed by atoms with Crippen molar-refractivity contribution in [1.29, 1.82) is 5.26 Å². The highest BCUT2D eigenvalue weighted by molar-refractivity contribution is 7.52. The van der Waals surface area contributed by atoms with Crippen molar-refractivity contribution in [3.05, 3.63) is 5.41 Å². The molecule has 0 aromatic rings. The molecule has 0 rings (SSSR count). The van der Waals surface area contributed by atoms with Crippen LogP contribution in [0.3, 0.4) is 0 Å². The molecular weight excluding hydrogens is 286 g/mol. The second kappa shape index (κ2) is 10.1. The van der Waals surface area contributed by atoms with E-state index in [1.54, 1.807) is 0 Å². The molecule has 0 aliphatic heterocycles. The summed E-state index contributed by atoms with van der Waals surface area (Å²) in [6.07, 6.45) is 1.32. The van der Waals surface area contributed by atoms with Crippen LogP contribution in [0.5, 0.6) is 0 Å². The predicted molar refractivity (Wildman–Crippen MR) is 61.4 cm³/mol. The molecule has 0 saturated heterocycles. The second-order valence-corrected chi connectivity index (χ2v) is 5.80. The first-order valence-electron chi connectivity index (χ1n) is 4.02. The average Bonchev–Trinajstić information content (AvgIpc) is 2.40. The molecule has 0 aromatic carbocycles. The third kappa shape index (κ3) is 8.25. The summed E-state index contributed by atoms with van der Waals surface area (Å²) in [6.45, 7) is 0. The molecular formula is C6H12N4O6P2-2. The number of nitrogens with zero attached hydrogens (tertiary/aromatic N) is 4. The Morgan fingerprint density at radius 1 is 1.17 bits per heavy atom. The van der Waals surface area contributed by atoms with E-state index in [0.717, 1.165) is 28.4 Å². The fourth-order valence-electron chi connectivity index (χ4n) is 0.422. The summed E-state index contributed by atoms with van der Waals surface area (Å²) >= 11 is 0. The molecule has 12 heteroatoms. The Morgan fingerprint density at radius 2 is 1.61 bits per heavy atom. The lowest BCUT2D eigenvalue weighted by Gasteiger charge is -2.22. The van der Waals surface area contributed by atoms with Crippen LogP contribution in [0, 0.1) is 11.5 Å². The fraction of sp³-hybridized carbons (Fsp3) is 0.667. The lowest BCUT2D eigenvalue weighted by Crippen LogP contribution is -2.03. The summed E-state index contributed by atoms with van der Waals surface area (Å²) in [7, 11) is -2.20. The zero-order chi connectivity index (χ0) is 14.7. The van der Waals surface area contributed by atoms with Crippen molar-refractivity contribution in [2.75, 3.05) is 28.4 Å². The van der Waals surface area contributed by atoms with Gasteiger partial charge in [0.05, 0.1) is 0 Å². The van der Waals surface area contributed by atoms with Gasteiger partial charge in [-0.1, -0.05) is 0 Å². The molecule has 0 amide bonds. The summed E-state index contributed by atoms with van der Waals surface area (Å²) < 4.78 is 33.6. The minimum atomic E-state index is -3.42. The van der Waals surface area contributed by atoms with Gasteiger partial charge in [-0.25, -0.2) is 0 Å². The standard InChI is InChI=1S/2C3H6N2O3P/c2*1-7-9(6,8-2)5-3-4/h2*1-2H3/q2*-1. The van der Waals surface area contributed by atoms with Crippen LogP contribution in [0.15, 0.2) is 9.51 Å². The highest BCUT2D eigenvalue weighted by atomic mass is 31.2. The first kappa shape index (κ1) is 19.5. The first-order chi connectivity index (χ1) is 8.36. The van der Waals surface area contributed by atoms with Crippen LogP contribution < -0.4 is 4.89 Å². The summed E-state index contributed by atoms with van der Waals surface area (Å²) in [4.78, 5) is 10.7. The second-order valence-electron chi connectivity index (χ2n) is 2.07. The van der Waals surface area contributed by atoms with E-state index >= 15 is 0 Å². The van der Waals surface area contributed by atoms with Gasteiger partial charge in [-0.3, -0.25) is 4.57 Å². The Balaban J connectivity index is 0. The van der Waals surface area contributed by atoms with Gasteiger partial charge in [-0.2, -0.15) is 10.0 Å². The maximum Gasteiger partial charge on any atom is 0.360 e. The Morgan fingerprint density at radius 3 is 1.72 bits per heavy atom. The van der Waals surface area contributed by atoms with Crippen LogP contribution in [-0.4, -0.2) is 34.4 Å². The summed E-state index contributed by atoms with van der Waals surface area (Å²) in [6, 6.07) is 1.32. The molecule has 0 heterocycles. The minimum Gasteiger partial charge on any atom is -0.773 e. The van der Waals surface area contributed by atoms with E-state index in [4.69, 9.17) is 10.7 Å². The van der Waals surface area contributed by atoms with Crippen molar-refractivity contribution in [2.24, 2.45) is 9.51 Å². The van der Waals surface area contributed by atoms with E-state index in [1.807, 2.05) is 0 Å². The highest BCUT2D eigenvalue weighted by Crippen LogP contribution is 2.47. The Labute approximate surface area is 105 Å². The topological polar surface area (TPSA) is 148 Å². The molecule has 18 heavy (non-hydrogen) atoms. The molecule has 0 unspecified atom stereocenters. The Kier molecular flexibility index (Phi) is 10.9. The van der Waals surface area contributed by atoms with Crippen molar-refractivity contribution in [1.82, 2.24) is 0 Å². The van der Waals surface area contributed by atoms with Gasteiger partial charge in [0.25, 0.3) is 0 Å². The van der Waals surface area contributed by atoms with Crippen molar-refractivity contribution in [2.45, 2.75) is 0 Å². The van der Waals surface area contributed by atoms with Gasteiger partial charge in [0.15, 0.2) is 7.74 Å². The molecule has 10 nitrogen and oxygen atoms in total. The molecule has 0 fully saturated rings. The maximum absolute atomic E-state index is 10.7. The molecule has 104 valence electrons. The third-order valence-electron chi connectivity index (χ3n) is 1.26. The molecule has 0 N–H and O–H groups in total. The van der Waals surface area contributed by atoms with Crippen LogP contribution >= 0.6 is 15.5 Å². The molecule has 0 aliphatic carbocycles. The fourth-order valence-corrected chi connectivity index (χ4v) is 1.27. The Bertz CT molecular complexity index is 410. The zero-order valence-electron chi connectivity index (χ0n) is 10.1. The summed E-state index contributed by atoms with van der Waals surface area (Å²) in [5, 5.41) is 15.8. The Hall–Kier alpha value is -0.870. The number of rotatable bonds is 5.